The molecular formula is C10H23N3O. The molecule has 0 aromatic carbocycles. The SMILES string of the molecule is CC(O)N1CCCN(C)CCNCC1. The van der Waals surface area contributed by atoms with Crippen molar-refractivity contribution in [3.05, 3.63) is 0 Å². The van der Waals surface area contributed by atoms with Gasteiger partial charge in [-0.25, -0.2) is 0 Å². The highest BCUT2D eigenvalue weighted by Gasteiger charge is 2.11. The van der Waals surface area contributed by atoms with Gasteiger partial charge >= 0.3 is 0 Å². The molecule has 1 heterocycles. The van der Waals surface area contributed by atoms with Crippen molar-refractivity contribution >= 4 is 0 Å². The monoisotopic (exact) mass is 201 g/mol. The molecule has 2 N–H and O–H groups in total. The molecule has 4 nitrogen and oxygen atoms in total. The molecule has 0 aromatic rings. The maximum Gasteiger partial charge on any atom is 0.104 e. The van der Waals surface area contributed by atoms with Crippen LogP contribution < -0.4 is 5.32 Å². The Morgan fingerprint density at radius 1 is 1.14 bits per heavy atom. The molecule has 1 atom stereocenters. The molecule has 1 aliphatic heterocycles. The van der Waals surface area contributed by atoms with Crippen LogP contribution in [0.4, 0.5) is 0 Å². The van der Waals surface area contributed by atoms with E-state index in [0.29, 0.717) is 0 Å². The van der Waals surface area contributed by atoms with Gasteiger partial charge in [0.2, 0.25) is 0 Å². The third-order valence-electron chi connectivity index (χ3n) is 2.76. The maximum absolute atomic E-state index is 9.51. The fourth-order valence-corrected chi connectivity index (χ4v) is 1.76. The second kappa shape index (κ2) is 6.35. The number of hydrogen-bond donors (Lipinski definition) is 2. The number of aliphatic hydroxyl groups excluding tert-OH is 1. The number of likely N-dealkylation sites (N-methyl/N-ethyl adjacent to an activating group) is 1. The van der Waals surface area contributed by atoms with Gasteiger partial charge in [0.1, 0.15) is 6.23 Å². The molecule has 1 saturated heterocycles. The summed E-state index contributed by atoms with van der Waals surface area (Å²) in [5.41, 5.74) is 0. The molecule has 84 valence electrons. The molecule has 1 aliphatic rings. The average Bonchev–Trinajstić information content (AvgIpc) is 2.15. The van der Waals surface area contributed by atoms with Crippen molar-refractivity contribution in [3.63, 3.8) is 0 Å². The molecule has 4 heteroatoms. The summed E-state index contributed by atoms with van der Waals surface area (Å²) in [4.78, 5) is 4.45. The van der Waals surface area contributed by atoms with Crippen molar-refractivity contribution in [1.29, 1.82) is 0 Å². The molecule has 0 aromatic heterocycles. The Morgan fingerprint density at radius 3 is 2.57 bits per heavy atom. The number of nitrogens with one attached hydrogen (secondary N) is 1. The zero-order valence-corrected chi connectivity index (χ0v) is 9.37. The van der Waals surface area contributed by atoms with E-state index < -0.39 is 0 Å². The lowest BCUT2D eigenvalue weighted by molar-refractivity contribution is 0.0161. The minimum Gasteiger partial charge on any atom is -0.379 e. The quantitative estimate of drug-likeness (QED) is 0.603. The van der Waals surface area contributed by atoms with Crippen LogP contribution in [0.15, 0.2) is 0 Å². The van der Waals surface area contributed by atoms with Gasteiger partial charge in [-0.15, -0.1) is 0 Å². The zero-order chi connectivity index (χ0) is 10.4. The molecular weight excluding hydrogens is 178 g/mol. The van der Waals surface area contributed by atoms with Crippen LogP contribution in [-0.4, -0.2) is 67.5 Å². The number of nitrogens with zero attached hydrogens (tertiary/aromatic N) is 2. The molecule has 0 amide bonds. The molecule has 0 radical (unpaired) electrons. The first-order valence-electron chi connectivity index (χ1n) is 5.51. The van der Waals surface area contributed by atoms with Gasteiger partial charge in [-0.1, -0.05) is 0 Å². The predicted octanol–water partition coefficient (Wildman–Crippen LogP) is -0.448. The molecule has 0 saturated carbocycles. The highest BCUT2D eigenvalue weighted by molar-refractivity contribution is 4.65. The number of hydrogen-bond acceptors (Lipinski definition) is 4. The Labute approximate surface area is 86.9 Å². The van der Waals surface area contributed by atoms with Crippen LogP contribution in [0.25, 0.3) is 0 Å². The lowest BCUT2D eigenvalue weighted by Crippen LogP contribution is -2.42. The highest BCUT2D eigenvalue weighted by atomic mass is 16.3. The maximum atomic E-state index is 9.51. The standard InChI is InChI=1S/C10H23N3O/c1-10(14)13-7-3-6-12(2)8-4-11-5-9-13/h10-11,14H,3-9H2,1-2H3. The van der Waals surface area contributed by atoms with Crippen molar-refractivity contribution in [2.24, 2.45) is 0 Å². The minimum absolute atomic E-state index is 0.318. The van der Waals surface area contributed by atoms with E-state index >= 15 is 0 Å². The van der Waals surface area contributed by atoms with E-state index in [1.807, 2.05) is 6.92 Å². The van der Waals surface area contributed by atoms with Gasteiger partial charge in [-0.2, -0.15) is 0 Å². The fourth-order valence-electron chi connectivity index (χ4n) is 1.76. The number of aliphatic hydroxyl groups is 1. The molecule has 0 aliphatic carbocycles. The summed E-state index contributed by atoms with van der Waals surface area (Å²) in [7, 11) is 2.15. The summed E-state index contributed by atoms with van der Waals surface area (Å²) in [5, 5.41) is 12.9. The van der Waals surface area contributed by atoms with Crippen molar-refractivity contribution in [2.45, 2.75) is 19.6 Å². The molecule has 0 bridgehead atoms. The summed E-state index contributed by atoms with van der Waals surface area (Å²) < 4.78 is 0. The van der Waals surface area contributed by atoms with Gasteiger partial charge in [-0.3, -0.25) is 4.90 Å². The van der Waals surface area contributed by atoms with E-state index in [4.69, 9.17) is 0 Å². The van der Waals surface area contributed by atoms with Crippen LogP contribution in [0.2, 0.25) is 0 Å². The van der Waals surface area contributed by atoms with E-state index in [1.54, 1.807) is 0 Å². The van der Waals surface area contributed by atoms with Gasteiger partial charge < -0.3 is 15.3 Å². The van der Waals surface area contributed by atoms with Crippen molar-refractivity contribution in [1.82, 2.24) is 15.1 Å². The highest BCUT2D eigenvalue weighted by Crippen LogP contribution is 1.99. The van der Waals surface area contributed by atoms with Crippen LogP contribution in [-0.2, 0) is 0 Å². The first-order chi connectivity index (χ1) is 6.70. The summed E-state index contributed by atoms with van der Waals surface area (Å²) in [6, 6.07) is 0. The topological polar surface area (TPSA) is 38.7 Å². The largest absolute Gasteiger partial charge is 0.379 e. The molecule has 14 heavy (non-hydrogen) atoms. The Balaban J connectivity index is 2.33. The second-order valence-corrected chi connectivity index (χ2v) is 4.07. The van der Waals surface area contributed by atoms with Crippen molar-refractivity contribution in [2.75, 3.05) is 46.3 Å². The fraction of sp³-hybridized carbons (Fsp3) is 1.00. The van der Waals surface area contributed by atoms with Gasteiger partial charge in [0.05, 0.1) is 0 Å². The van der Waals surface area contributed by atoms with Crippen LogP contribution in [0.1, 0.15) is 13.3 Å². The van der Waals surface area contributed by atoms with E-state index in [0.717, 1.165) is 45.7 Å². The van der Waals surface area contributed by atoms with Gasteiger partial charge in [-0.05, 0) is 26.9 Å². The van der Waals surface area contributed by atoms with E-state index in [9.17, 15) is 5.11 Å². The molecule has 1 unspecified atom stereocenters. The van der Waals surface area contributed by atoms with E-state index in [2.05, 4.69) is 22.2 Å². The summed E-state index contributed by atoms with van der Waals surface area (Å²) in [6.07, 6.45) is 0.822. The first-order valence-corrected chi connectivity index (χ1v) is 5.51. The van der Waals surface area contributed by atoms with Crippen molar-refractivity contribution < 1.29 is 5.11 Å². The van der Waals surface area contributed by atoms with Crippen LogP contribution in [0.5, 0.6) is 0 Å². The van der Waals surface area contributed by atoms with Gasteiger partial charge in [0, 0.05) is 32.7 Å². The Morgan fingerprint density at radius 2 is 1.86 bits per heavy atom. The lowest BCUT2D eigenvalue weighted by atomic mass is 10.3. The Kier molecular flexibility index (Phi) is 5.40. The van der Waals surface area contributed by atoms with Crippen LogP contribution in [0.3, 0.4) is 0 Å². The number of rotatable bonds is 1. The minimum atomic E-state index is -0.318. The second-order valence-electron chi connectivity index (χ2n) is 4.07. The zero-order valence-electron chi connectivity index (χ0n) is 9.37. The van der Waals surface area contributed by atoms with Crippen LogP contribution >= 0.6 is 0 Å². The summed E-state index contributed by atoms with van der Waals surface area (Å²) >= 11 is 0. The molecule has 1 rings (SSSR count). The first kappa shape index (κ1) is 11.9. The van der Waals surface area contributed by atoms with Crippen molar-refractivity contribution in [3.8, 4) is 0 Å². The Hall–Kier alpha value is -0.160. The summed E-state index contributed by atoms with van der Waals surface area (Å²) in [5.74, 6) is 0. The van der Waals surface area contributed by atoms with Gasteiger partial charge in [0.15, 0.2) is 0 Å². The third kappa shape index (κ3) is 4.37. The average molecular weight is 201 g/mol. The van der Waals surface area contributed by atoms with E-state index in [1.165, 1.54) is 0 Å². The van der Waals surface area contributed by atoms with E-state index in [-0.39, 0.29) is 6.23 Å². The molecule has 0 spiro atoms. The van der Waals surface area contributed by atoms with Crippen LogP contribution in [0, 0.1) is 0 Å². The smallest absolute Gasteiger partial charge is 0.104 e. The van der Waals surface area contributed by atoms with Gasteiger partial charge in [0.25, 0.3) is 0 Å². The lowest BCUT2D eigenvalue weighted by Gasteiger charge is -2.28. The third-order valence-corrected chi connectivity index (χ3v) is 2.76. The molecule has 1 fully saturated rings. The normalized spacial score (nSPS) is 25.9. The Bertz CT molecular complexity index is 152. The predicted molar refractivity (Wildman–Crippen MR) is 58.2 cm³/mol. The summed E-state index contributed by atoms with van der Waals surface area (Å²) in [6.45, 7) is 8.03.